The molecule has 2 saturated heterocycles. The van der Waals surface area contributed by atoms with Crippen molar-refractivity contribution in [1.29, 1.82) is 0 Å². The second-order valence-corrected chi connectivity index (χ2v) is 8.56. The number of primary amides is 1. The van der Waals surface area contributed by atoms with Crippen LogP contribution in [0.1, 0.15) is 29.5 Å². The van der Waals surface area contributed by atoms with E-state index in [1.165, 1.54) is 37.1 Å². The molecule has 3 aliphatic heterocycles. The summed E-state index contributed by atoms with van der Waals surface area (Å²) in [5, 5.41) is 3.27. The third-order valence-corrected chi connectivity index (χ3v) is 6.56. The molecule has 2 fully saturated rings. The minimum absolute atomic E-state index is 0.280. The minimum Gasteiger partial charge on any atom is -0.370 e. The number of fused-ring (bicyclic) bond motifs is 2. The number of benzene rings is 2. The molecule has 3 N–H and O–H groups in total. The number of carbonyl (C=O) groups excluding carboxylic acids is 1. The summed E-state index contributed by atoms with van der Waals surface area (Å²) in [5.74, 6) is -0.708. The Kier molecular flexibility index (Phi) is 5.05. The molecule has 2 aromatic carbocycles. The number of anilines is 1. The van der Waals surface area contributed by atoms with Crippen molar-refractivity contribution in [2.75, 3.05) is 31.5 Å². The van der Waals surface area contributed by atoms with Crippen LogP contribution in [0.4, 0.5) is 10.1 Å². The molecule has 1 amide bonds. The molecule has 0 aliphatic carbocycles. The van der Waals surface area contributed by atoms with Crippen LogP contribution in [0, 0.1) is 5.82 Å². The maximum Gasteiger partial charge on any atom is 0.243 e. The second-order valence-electron chi connectivity index (χ2n) is 8.56. The van der Waals surface area contributed by atoms with E-state index in [0.29, 0.717) is 6.04 Å². The van der Waals surface area contributed by atoms with Crippen LogP contribution in [-0.4, -0.2) is 54.0 Å². The average Bonchev–Trinajstić information content (AvgIpc) is 3.21. The number of halogens is 1. The predicted molar refractivity (Wildman–Crippen MR) is 116 cm³/mol. The Bertz CT molecular complexity index is 987. The minimum atomic E-state index is -0.588. The van der Waals surface area contributed by atoms with Gasteiger partial charge in [-0.25, -0.2) is 4.39 Å². The van der Waals surface area contributed by atoms with Crippen LogP contribution in [0.5, 0.6) is 0 Å². The van der Waals surface area contributed by atoms with Gasteiger partial charge in [-0.15, -0.1) is 0 Å². The molecular formula is C24H27FN4O. The summed E-state index contributed by atoms with van der Waals surface area (Å²) < 4.78 is 13.4. The zero-order valence-corrected chi connectivity index (χ0v) is 17.0. The molecule has 156 valence electrons. The highest BCUT2D eigenvalue weighted by molar-refractivity contribution is 5.96. The quantitative estimate of drug-likeness (QED) is 0.820. The predicted octanol–water partition coefficient (Wildman–Crippen LogP) is 2.82. The second kappa shape index (κ2) is 7.85. The van der Waals surface area contributed by atoms with Gasteiger partial charge in [0.15, 0.2) is 0 Å². The zero-order chi connectivity index (χ0) is 20.7. The van der Waals surface area contributed by atoms with E-state index in [4.69, 9.17) is 5.73 Å². The van der Waals surface area contributed by atoms with Crippen LogP contribution in [0.2, 0.25) is 0 Å². The maximum atomic E-state index is 13.4. The lowest BCUT2D eigenvalue weighted by molar-refractivity contribution is -0.117. The van der Waals surface area contributed by atoms with Gasteiger partial charge in [0, 0.05) is 43.5 Å². The van der Waals surface area contributed by atoms with Gasteiger partial charge in [-0.1, -0.05) is 24.3 Å². The summed E-state index contributed by atoms with van der Waals surface area (Å²) in [5.41, 5.74) is 10.5. The molecule has 0 spiro atoms. The van der Waals surface area contributed by atoms with Crippen LogP contribution in [0.25, 0.3) is 5.57 Å². The van der Waals surface area contributed by atoms with Crippen LogP contribution < -0.4 is 11.1 Å². The van der Waals surface area contributed by atoms with Crippen molar-refractivity contribution in [1.82, 2.24) is 9.80 Å². The number of nitrogens with one attached hydrogen (secondary N) is 1. The standard InChI is InChI=1S/C24H27FN4O/c25-18-6-4-17(5-7-18)21-13-23(24(26)30)27-22-12-16(3-8-20(21)22)14-28-10-11-29-9-1-2-19(29)15-28/h3-8,12-13,19,23,27H,1-2,9-11,14-15H2,(H2,26,30)/t19-,23?/m1/s1. The first-order valence-electron chi connectivity index (χ1n) is 10.7. The summed E-state index contributed by atoms with van der Waals surface area (Å²) >= 11 is 0. The smallest absolute Gasteiger partial charge is 0.243 e. The lowest BCUT2D eigenvalue weighted by Gasteiger charge is -2.37. The summed E-state index contributed by atoms with van der Waals surface area (Å²) in [4.78, 5) is 17.1. The van der Waals surface area contributed by atoms with E-state index < -0.39 is 11.9 Å². The topological polar surface area (TPSA) is 61.6 Å². The van der Waals surface area contributed by atoms with Crippen LogP contribution >= 0.6 is 0 Å². The molecule has 2 aromatic rings. The third kappa shape index (κ3) is 3.73. The third-order valence-electron chi connectivity index (χ3n) is 6.56. The Morgan fingerprint density at radius 3 is 2.77 bits per heavy atom. The van der Waals surface area contributed by atoms with Crippen molar-refractivity contribution in [3.05, 3.63) is 71.0 Å². The number of nitrogens with zero attached hydrogens (tertiary/aromatic N) is 2. The van der Waals surface area contributed by atoms with E-state index >= 15 is 0 Å². The molecule has 0 aromatic heterocycles. The maximum absolute atomic E-state index is 13.4. The Morgan fingerprint density at radius 2 is 1.97 bits per heavy atom. The molecule has 30 heavy (non-hydrogen) atoms. The first-order valence-corrected chi connectivity index (χ1v) is 10.7. The highest BCUT2D eigenvalue weighted by Crippen LogP contribution is 2.35. The normalized spacial score (nSPS) is 24.0. The lowest BCUT2D eigenvalue weighted by Crippen LogP contribution is -2.49. The van der Waals surface area contributed by atoms with Gasteiger partial charge in [-0.3, -0.25) is 14.6 Å². The number of hydrogen-bond donors (Lipinski definition) is 2. The summed E-state index contributed by atoms with van der Waals surface area (Å²) in [7, 11) is 0. The van der Waals surface area contributed by atoms with Gasteiger partial charge < -0.3 is 11.1 Å². The van der Waals surface area contributed by atoms with E-state index in [1.807, 2.05) is 6.08 Å². The SMILES string of the molecule is NC(=O)C1C=C(c2ccc(F)cc2)c2ccc(CN3CCN4CCC[C@@H]4C3)cc2N1. The summed E-state index contributed by atoms with van der Waals surface area (Å²) in [6, 6.07) is 12.8. The molecule has 0 radical (unpaired) electrons. The van der Waals surface area contributed by atoms with E-state index in [9.17, 15) is 9.18 Å². The van der Waals surface area contributed by atoms with Gasteiger partial charge in [0.2, 0.25) is 5.91 Å². The van der Waals surface area contributed by atoms with E-state index in [2.05, 4.69) is 33.3 Å². The molecule has 6 heteroatoms. The van der Waals surface area contributed by atoms with Crippen molar-refractivity contribution in [3.63, 3.8) is 0 Å². The van der Waals surface area contributed by atoms with E-state index in [1.54, 1.807) is 12.1 Å². The van der Waals surface area contributed by atoms with Crippen molar-refractivity contribution in [3.8, 4) is 0 Å². The molecule has 3 aliphatic rings. The van der Waals surface area contributed by atoms with Gasteiger partial charge in [-0.2, -0.15) is 0 Å². The largest absolute Gasteiger partial charge is 0.370 e. The summed E-state index contributed by atoms with van der Waals surface area (Å²) in [6.45, 7) is 5.50. The Hall–Kier alpha value is -2.70. The van der Waals surface area contributed by atoms with Gasteiger partial charge in [0.05, 0.1) is 0 Å². The fourth-order valence-electron chi connectivity index (χ4n) is 5.00. The molecule has 0 bridgehead atoms. The number of rotatable bonds is 4. The molecule has 5 rings (SSSR count). The zero-order valence-electron chi connectivity index (χ0n) is 17.0. The van der Waals surface area contributed by atoms with Crippen LogP contribution in [-0.2, 0) is 11.3 Å². The first-order chi connectivity index (χ1) is 14.6. The monoisotopic (exact) mass is 406 g/mol. The van der Waals surface area contributed by atoms with Crippen molar-refractivity contribution in [2.45, 2.75) is 31.5 Å². The number of hydrogen-bond acceptors (Lipinski definition) is 4. The Labute approximate surface area is 176 Å². The molecule has 2 atom stereocenters. The van der Waals surface area contributed by atoms with E-state index in [0.717, 1.165) is 48.6 Å². The fraction of sp³-hybridized carbons (Fsp3) is 0.375. The Morgan fingerprint density at radius 1 is 1.13 bits per heavy atom. The number of carbonyl (C=O) groups is 1. The molecule has 1 unspecified atom stereocenters. The fourth-order valence-corrected chi connectivity index (χ4v) is 5.00. The number of nitrogens with two attached hydrogens (primary N) is 1. The van der Waals surface area contributed by atoms with Crippen molar-refractivity contribution >= 4 is 17.2 Å². The van der Waals surface area contributed by atoms with E-state index in [-0.39, 0.29) is 5.82 Å². The molecular weight excluding hydrogens is 379 g/mol. The summed E-state index contributed by atoms with van der Waals surface area (Å²) in [6.07, 6.45) is 4.44. The molecule has 5 nitrogen and oxygen atoms in total. The van der Waals surface area contributed by atoms with Crippen LogP contribution in [0.3, 0.4) is 0 Å². The Balaban J connectivity index is 1.41. The van der Waals surface area contributed by atoms with Gasteiger partial charge in [0.1, 0.15) is 11.9 Å². The van der Waals surface area contributed by atoms with Gasteiger partial charge in [0.25, 0.3) is 0 Å². The lowest BCUT2D eigenvalue weighted by atomic mass is 9.90. The van der Waals surface area contributed by atoms with Crippen molar-refractivity contribution < 1.29 is 9.18 Å². The average molecular weight is 407 g/mol. The number of amides is 1. The highest BCUT2D eigenvalue weighted by atomic mass is 19.1. The van der Waals surface area contributed by atoms with Crippen molar-refractivity contribution in [2.24, 2.45) is 5.73 Å². The number of piperazine rings is 1. The first kappa shape index (κ1) is 19.3. The van der Waals surface area contributed by atoms with Gasteiger partial charge in [-0.05, 0) is 60.4 Å². The highest BCUT2D eigenvalue weighted by Gasteiger charge is 2.30. The van der Waals surface area contributed by atoms with Crippen LogP contribution in [0.15, 0.2) is 48.5 Å². The molecule has 0 saturated carbocycles. The van der Waals surface area contributed by atoms with Gasteiger partial charge >= 0.3 is 0 Å². The molecule has 3 heterocycles.